The first-order chi connectivity index (χ1) is 9.26. The summed E-state index contributed by atoms with van der Waals surface area (Å²) in [5.74, 6) is -1.19. The number of carbonyl (C=O) groups is 3. The first kappa shape index (κ1) is 15.9. The Morgan fingerprint density at radius 1 is 1.40 bits per heavy atom. The fourth-order valence-electron chi connectivity index (χ4n) is 1.48. The summed E-state index contributed by atoms with van der Waals surface area (Å²) in [6, 6.07) is 1.27. The number of carbonyl (C=O) groups excluding carboxylic acids is 3. The van der Waals surface area contributed by atoms with Gasteiger partial charge in [-0.05, 0) is 27.7 Å². The molecule has 7 nitrogen and oxygen atoms in total. The number of esters is 2. The van der Waals surface area contributed by atoms with Crippen LogP contribution >= 0.6 is 0 Å². The second-order valence-corrected chi connectivity index (χ2v) is 5.04. The van der Waals surface area contributed by atoms with Gasteiger partial charge in [0.05, 0.1) is 6.61 Å². The summed E-state index contributed by atoms with van der Waals surface area (Å²) in [7, 11) is 0. The van der Waals surface area contributed by atoms with Gasteiger partial charge >= 0.3 is 11.9 Å². The minimum absolute atomic E-state index is 0.0415. The molecule has 0 aromatic carbocycles. The quantitative estimate of drug-likeness (QED) is 0.596. The molecule has 110 valence electrons. The van der Waals surface area contributed by atoms with Gasteiger partial charge in [0, 0.05) is 6.07 Å². The van der Waals surface area contributed by atoms with Crippen LogP contribution < -0.4 is 0 Å². The van der Waals surface area contributed by atoms with E-state index in [1.165, 1.54) is 6.07 Å². The molecule has 0 spiro atoms. The van der Waals surface area contributed by atoms with Gasteiger partial charge in [0.1, 0.15) is 23.5 Å². The lowest BCUT2D eigenvalue weighted by Crippen LogP contribution is -2.28. The molecule has 20 heavy (non-hydrogen) atoms. The Labute approximate surface area is 116 Å². The number of rotatable bonds is 5. The molecule has 0 aliphatic carbocycles. The van der Waals surface area contributed by atoms with Crippen LogP contribution in [-0.2, 0) is 20.8 Å². The van der Waals surface area contributed by atoms with Crippen molar-refractivity contribution in [2.45, 2.75) is 39.8 Å². The minimum Gasteiger partial charge on any atom is -0.461 e. The molecule has 0 radical (unpaired) electrons. The predicted molar refractivity (Wildman–Crippen MR) is 69.4 cm³/mol. The number of hydrogen-bond acceptors (Lipinski definition) is 6. The van der Waals surface area contributed by atoms with Crippen LogP contribution in [0.2, 0.25) is 0 Å². The van der Waals surface area contributed by atoms with Crippen molar-refractivity contribution in [1.29, 1.82) is 0 Å². The van der Waals surface area contributed by atoms with Crippen LogP contribution in [0.4, 0.5) is 0 Å². The first-order valence-corrected chi connectivity index (χ1v) is 6.19. The van der Waals surface area contributed by atoms with Crippen molar-refractivity contribution in [3.63, 3.8) is 0 Å². The molecule has 0 atom stereocenters. The lowest BCUT2D eigenvalue weighted by molar-refractivity contribution is -0.155. The number of aldehydes is 1. The van der Waals surface area contributed by atoms with E-state index in [2.05, 4.69) is 5.10 Å². The van der Waals surface area contributed by atoms with Gasteiger partial charge in [-0.15, -0.1) is 0 Å². The molecule has 0 N–H and O–H groups in total. The lowest BCUT2D eigenvalue weighted by Gasteiger charge is -2.19. The fraction of sp³-hybridized carbons (Fsp3) is 0.538. The zero-order chi connectivity index (χ0) is 15.3. The smallest absolute Gasteiger partial charge is 0.356 e. The van der Waals surface area contributed by atoms with Gasteiger partial charge in [-0.2, -0.15) is 5.10 Å². The van der Waals surface area contributed by atoms with Gasteiger partial charge in [-0.1, -0.05) is 0 Å². The van der Waals surface area contributed by atoms with Crippen LogP contribution in [0.25, 0.3) is 0 Å². The van der Waals surface area contributed by atoms with Crippen molar-refractivity contribution in [2.75, 3.05) is 6.61 Å². The van der Waals surface area contributed by atoms with E-state index in [1.54, 1.807) is 27.7 Å². The van der Waals surface area contributed by atoms with Crippen LogP contribution in [0.3, 0.4) is 0 Å². The van der Waals surface area contributed by atoms with Crippen molar-refractivity contribution in [1.82, 2.24) is 9.78 Å². The minimum atomic E-state index is -0.642. The third-order valence-electron chi connectivity index (χ3n) is 2.10. The highest BCUT2D eigenvalue weighted by Crippen LogP contribution is 2.10. The molecule has 0 fully saturated rings. The topological polar surface area (TPSA) is 87.5 Å². The summed E-state index contributed by atoms with van der Waals surface area (Å²) < 4.78 is 11.1. The van der Waals surface area contributed by atoms with Crippen molar-refractivity contribution < 1.29 is 23.9 Å². The summed E-state index contributed by atoms with van der Waals surface area (Å²) in [6.07, 6.45) is 0.494. The Balaban J connectivity index is 2.93. The Hall–Kier alpha value is -2.18. The van der Waals surface area contributed by atoms with Crippen molar-refractivity contribution in [3.8, 4) is 0 Å². The Bertz CT molecular complexity index is 513. The Kier molecular flexibility index (Phi) is 5.01. The number of aromatic nitrogens is 2. The normalized spacial score (nSPS) is 11.0. The number of ether oxygens (including phenoxy) is 2. The van der Waals surface area contributed by atoms with Crippen LogP contribution in [0.1, 0.15) is 48.7 Å². The zero-order valence-corrected chi connectivity index (χ0v) is 12.0. The SMILES string of the molecule is CCOC(=O)c1cc(C=O)nn1CC(=O)OC(C)(C)C. The van der Waals surface area contributed by atoms with E-state index in [-0.39, 0.29) is 24.5 Å². The Morgan fingerprint density at radius 2 is 2.05 bits per heavy atom. The van der Waals surface area contributed by atoms with E-state index >= 15 is 0 Å². The maximum atomic E-state index is 11.7. The molecular weight excluding hydrogens is 264 g/mol. The monoisotopic (exact) mass is 282 g/mol. The third-order valence-corrected chi connectivity index (χ3v) is 2.10. The first-order valence-electron chi connectivity index (χ1n) is 6.19. The van der Waals surface area contributed by atoms with Crippen LogP contribution in [0.5, 0.6) is 0 Å². The summed E-state index contributed by atoms with van der Waals surface area (Å²) in [5.41, 5.74) is -0.543. The van der Waals surface area contributed by atoms with E-state index in [1.807, 2.05) is 0 Å². The lowest BCUT2D eigenvalue weighted by atomic mass is 10.2. The predicted octanol–water partition coefficient (Wildman–Crippen LogP) is 1.21. The standard InChI is InChI=1S/C13H18N2O5/c1-5-19-12(18)10-6-9(8-16)14-15(10)7-11(17)20-13(2,3)4/h6,8H,5,7H2,1-4H3. The number of hydrogen-bond donors (Lipinski definition) is 0. The van der Waals surface area contributed by atoms with Crippen LogP contribution in [-0.4, -0.2) is 40.2 Å². The highest BCUT2D eigenvalue weighted by atomic mass is 16.6. The molecular formula is C13H18N2O5. The van der Waals surface area contributed by atoms with Crippen molar-refractivity contribution >= 4 is 18.2 Å². The Morgan fingerprint density at radius 3 is 2.55 bits per heavy atom. The van der Waals surface area contributed by atoms with Gasteiger partial charge in [-0.25, -0.2) is 9.48 Å². The van der Waals surface area contributed by atoms with Crippen molar-refractivity contribution in [2.24, 2.45) is 0 Å². The maximum absolute atomic E-state index is 11.7. The zero-order valence-electron chi connectivity index (χ0n) is 12.0. The highest BCUT2D eigenvalue weighted by molar-refractivity contribution is 5.90. The highest BCUT2D eigenvalue weighted by Gasteiger charge is 2.21. The van der Waals surface area contributed by atoms with Gasteiger partial charge in [0.15, 0.2) is 6.29 Å². The molecule has 7 heteroatoms. The van der Waals surface area contributed by atoms with E-state index in [4.69, 9.17) is 9.47 Å². The van der Waals surface area contributed by atoms with Gasteiger partial charge in [0.25, 0.3) is 0 Å². The average molecular weight is 282 g/mol. The molecule has 0 aliphatic rings. The molecule has 0 amide bonds. The maximum Gasteiger partial charge on any atom is 0.356 e. The molecule has 0 aliphatic heterocycles. The second kappa shape index (κ2) is 6.31. The molecule has 0 saturated heterocycles. The molecule has 1 aromatic rings. The summed E-state index contributed by atoms with van der Waals surface area (Å²) >= 11 is 0. The molecule has 0 unspecified atom stereocenters. The van der Waals surface area contributed by atoms with Gasteiger partial charge < -0.3 is 9.47 Å². The van der Waals surface area contributed by atoms with E-state index < -0.39 is 17.5 Å². The van der Waals surface area contributed by atoms with E-state index in [0.717, 1.165) is 4.68 Å². The molecule has 1 rings (SSSR count). The third kappa shape index (κ3) is 4.49. The van der Waals surface area contributed by atoms with Gasteiger partial charge in [0.2, 0.25) is 0 Å². The molecule has 1 heterocycles. The van der Waals surface area contributed by atoms with Gasteiger partial charge in [-0.3, -0.25) is 9.59 Å². The number of nitrogens with zero attached hydrogens (tertiary/aromatic N) is 2. The van der Waals surface area contributed by atoms with Crippen LogP contribution in [0.15, 0.2) is 6.07 Å². The van der Waals surface area contributed by atoms with E-state index in [9.17, 15) is 14.4 Å². The van der Waals surface area contributed by atoms with Crippen molar-refractivity contribution in [3.05, 3.63) is 17.5 Å². The molecule has 1 aromatic heterocycles. The summed E-state index contributed by atoms with van der Waals surface area (Å²) in [5, 5.41) is 3.85. The van der Waals surface area contributed by atoms with E-state index in [0.29, 0.717) is 6.29 Å². The molecule has 0 saturated carbocycles. The summed E-state index contributed by atoms with van der Waals surface area (Å²) in [6.45, 7) is 6.78. The second-order valence-electron chi connectivity index (χ2n) is 5.04. The fourth-order valence-corrected chi connectivity index (χ4v) is 1.48. The summed E-state index contributed by atoms with van der Waals surface area (Å²) in [4.78, 5) is 34.2. The average Bonchev–Trinajstić information content (AvgIpc) is 2.69. The van der Waals surface area contributed by atoms with Crippen LogP contribution in [0, 0.1) is 0 Å². The molecule has 0 bridgehead atoms. The largest absolute Gasteiger partial charge is 0.461 e.